The molecule has 0 spiro atoms. The topological polar surface area (TPSA) is 224 Å². The van der Waals surface area contributed by atoms with Crippen LogP contribution in [-0.2, 0) is 42.1 Å². The van der Waals surface area contributed by atoms with Crippen molar-refractivity contribution in [1.29, 1.82) is 0 Å². The third-order valence-corrected chi connectivity index (χ3v) is 0. The standard InChI is InChI=1S/2Mo.H3N.2Na.6H2O.2H/h;;1H3;;;6*1H2;;. The fraction of sp³-hybridized carbons (Fsp3) is 0. The van der Waals surface area contributed by atoms with Crippen LogP contribution in [0.3, 0.4) is 0 Å². The summed E-state index contributed by atoms with van der Waals surface area (Å²) in [5, 5.41) is 0. The van der Waals surface area contributed by atoms with Crippen molar-refractivity contribution < 1.29 is 75.0 Å². The molecule has 0 rings (SSSR count). The monoisotopic (exact) mass is 369 g/mol. The molecule has 0 unspecified atom stereocenters. The molecule has 15 N–H and O–H groups in total. The van der Waals surface area contributed by atoms with E-state index in [2.05, 4.69) is 0 Å². The Bertz CT molecular complexity index is 18.5. The van der Waals surface area contributed by atoms with E-state index in [-0.39, 0.29) is 140 Å². The van der Waals surface area contributed by atoms with Crippen LogP contribution in [0.15, 0.2) is 0 Å². The maximum atomic E-state index is 0. The van der Waals surface area contributed by atoms with Gasteiger partial charge in [-0.2, -0.15) is 0 Å². The molecule has 0 fully saturated rings. The zero-order chi connectivity index (χ0) is 0. The van der Waals surface area contributed by atoms with E-state index in [1.807, 2.05) is 0 Å². The van der Waals surface area contributed by atoms with Gasteiger partial charge in [0.25, 0.3) is 0 Å². The van der Waals surface area contributed by atoms with Gasteiger partial charge in [0.05, 0.1) is 0 Å². The molecule has 0 aliphatic heterocycles. The second kappa shape index (κ2) is 200. The minimum atomic E-state index is 0. The van der Waals surface area contributed by atoms with E-state index in [4.69, 9.17) is 0 Å². The first-order valence-electron chi connectivity index (χ1n) is 0. The summed E-state index contributed by atoms with van der Waals surface area (Å²) >= 11 is 0. The SMILES string of the molecule is N.O.O.O.O.O.O.[Mo].[Mo].[NaH].[NaH]. The first-order chi connectivity index (χ1) is 0. The van der Waals surface area contributed by atoms with Gasteiger partial charge in [0.2, 0.25) is 0 Å². The molecule has 11 heteroatoms. The third-order valence-electron chi connectivity index (χ3n) is 0. The Kier molecular flexibility index (Phi) is 4580. The molecular formula is H17Mo2NNa2O6. The van der Waals surface area contributed by atoms with Crippen LogP contribution in [0.1, 0.15) is 0 Å². The van der Waals surface area contributed by atoms with Gasteiger partial charge in [-0.25, -0.2) is 0 Å². The molecule has 0 radical (unpaired) electrons. The Balaban J connectivity index is 0. The molecule has 72 valence electrons. The predicted molar refractivity (Wildman–Crippen MR) is 41.0 cm³/mol. The molecule has 0 aromatic rings. The second-order valence-corrected chi connectivity index (χ2v) is 0. The van der Waals surface area contributed by atoms with E-state index in [0.29, 0.717) is 0 Å². The molecule has 0 atom stereocenters. The zero-order valence-electron chi connectivity index (χ0n) is 4.52. The molecule has 0 amide bonds. The Morgan fingerprint density at radius 2 is 0.364 bits per heavy atom. The predicted octanol–water partition coefficient (Wildman–Crippen LogP) is -6.09. The van der Waals surface area contributed by atoms with Crippen molar-refractivity contribution in [3.63, 3.8) is 0 Å². The average Bonchev–Trinajstić information content (AvgIpc) is 0. The molecule has 0 saturated heterocycles. The first kappa shape index (κ1) is 252. The summed E-state index contributed by atoms with van der Waals surface area (Å²) in [6, 6.07) is 0. The molecule has 0 heterocycles. The fourth-order valence-electron chi connectivity index (χ4n) is 0. The van der Waals surface area contributed by atoms with Crippen LogP contribution in [0.2, 0.25) is 0 Å². The van der Waals surface area contributed by atoms with Crippen molar-refractivity contribution in [2.45, 2.75) is 0 Å². The minimum absolute atomic E-state index is 0. The van der Waals surface area contributed by atoms with Crippen LogP contribution in [0.25, 0.3) is 0 Å². The Hall–Kier alpha value is 3.10. The van der Waals surface area contributed by atoms with Crippen LogP contribution in [0.4, 0.5) is 0 Å². The summed E-state index contributed by atoms with van der Waals surface area (Å²) in [6.45, 7) is 0. The van der Waals surface area contributed by atoms with Crippen LogP contribution < -0.4 is 6.15 Å². The Labute approximate surface area is 138 Å². The average molecular weight is 365 g/mol. The molecule has 0 aliphatic rings. The number of hydrogen-bond acceptors (Lipinski definition) is 1. The van der Waals surface area contributed by atoms with Gasteiger partial charge in [-0.1, -0.05) is 0 Å². The normalized spacial score (nSPS) is 0. The summed E-state index contributed by atoms with van der Waals surface area (Å²) in [7, 11) is 0. The molecule has 7 nitrogen and oxygen atoms in total. The van der Waals surface area contributed by atoms with Crippen molar-refractivity contribution in [1.82, 2.24) is 6.15 Å². The van der Waals surface area contributed by atoms with E-state index in [9.17, 15) is 0 Å². The van der Waals surface area contributed by atoms with Crippen LogP contribution in [0, 0.1) is 0 Å². The fourth-order valence-corrected chi connectivity index (χ4v) is 0. The summed E-state index contributed by atoms with van der Waals surface area (Å²) in [5.41, 5.74) is 0. The van der Waals surface area contributed by atoms with Gasteiger partial charge >= 0.3 is 59.1 Å². The van der Waals surface area contributed by atoms with Crippen LogP contribution in [0.5, 0.6) is 0 Å². The van der Waals surface area contributed by atoms with Crippen molar-refractivity contribution in [2.24, 2.45) is 0 Å². The molecule has 0 saturated carbocycles. The van der Waals surface area contributed by atoms with Crippen molar-refractivity contribution >= 4 is 59.1 Å². The summed E-state index contributed by atoms with van der Waals surface area (Å²) in [4.78, 5) is 0. The van der Waals surface area contributed by atoms with Crippen molar-refractivity contribution in [3.8, 4) is 0 Å². The Morgan fingerprint density at radius 3 is 0.364 bits per heavy atom. The molecular weight excluding hydrogens is 348 g/mol. The summed E-state index contributed by atoms with van der Waals surface area (Å²) < 4.78 is 0. The van der Waals surface area contributed by atoms with Gasteiger partial charge in [-0.15, -0.1) is 0 Å². The molecule has 11 heavy (non-hydrogen) atoms. The Morgan fingerprint density at radius 1 is 0.364 bits per heavy atom. The second-order valence-electron chi connectivity index (χ2n) is 0. The quantitative estimate of drug-likeness (QED) is 0.406. The first-order valence-corrected chi connectivity index (χ1v) is 0. The van der Waals surface area contributed by atoms with E-state index in [1.165, 1.54) is 0 Å². The van der Waals surface area contributed by atoms with E-state index in [0.717, 1.165) is 0 Å². The molecule has 0 aromatic heterocycles. The summed E-state index contributed by atoms with van der Waals surface area (Å²) in [6.07, 6.45) is 0. The molecule has 0 aromatic carbocycles. The van der Waals surface area contributed by atoms with Gasteiger partial charge in [0, 0.05) is 42.1 Å². The third kappa shape index (κ3) is 168. The van der Waals surface area contributed by atoms with E-state index >= 15 is 0 Å². The number of rotatable bonds is 0. The summed E-state index contributed by atoms with van der Waals surface area (Å²) in [5.74, 6) is 0. The van der Waals surface area contributed by atoms with E-state index < -0.39 is 0 Å². The van der Waals surface area contributed by atoms with Gasteiger partial charge < -0.3 is 39.0 Å². The molecule has 0 bridgehead atoms. The number of hydrogen-bond donors (Lipinski definition) is 1. The maximum absolute atomic E-state index is 0. The van der Waals surface area contributed by atoms with Gasteiger partial charge in [0.15, 0.2) is 0 Å². The van der Waals surface area contributed by atoms with Gasteiger partial charge in [-0.05, 0) is 0 Å². The van der Waals surface area contributed by atoms with Crippen LogP contribution in [-0.4, -0.2) is 92.0 Å². The van der Waals surface area contributed by atoms with Gasteiger partial charge in [0.1, 0.15) is 0 Å². The zero-order valence-corrected chi connectivity index (χ0v) is 8.54. The van der Waals surface area contributed by atoms with Crippen molar-refractivity contribution in [3.05, 3.63) is 0 Å². The van der Waals surface area contributed by atoms with Crippen molar-refractivity contribution in [2.75, 3.05) is 0 Å². The van der Waals surface area contributed by atoms with E-state index in [1.54, 1.807) is 0 Å². The van der Waals surface area contributed by atoms with Crippen LogP contribution >= 0.6 is 0 Å². The molecule has 0 aliphatic carbocycles. The van der Waals surface area contributed by atoms with Gasteiger partial charge in [-0.3, -0.25) is 0 Å².